The lowest BCUT2D eigenvalue weighted by atomic mass is 10.1. The standard InChI is InChI=1S/C17H38N2O3Si2/c1-16(2,3)23(7,8)21-12-14(13-11-15(20)19-18-13)22-24(9,10)17(4,5)6/h13-14,18H,11-12H2,1-10H3,(H,19,20)/t13-,14-/m1/s1. The molecule has 1 aliphatic rings. The van der Waals surface area contributed by atoms with Gasteiger partial charge in [-0.15, -0.1) is 0 Å². The van der Waals surface area contributed by atoms with Crippen LogP contribution < -0.4 is 10.9 Å². The summed E-state index contributed by atoms with van der Waals surface area (Å²) in [6.45, 7) is 22.9. The van der Waals surface area contributed by atoms with E-state index in [1.54, 1.807) is 0 Å². The van der Waals surface area contributed by atoms with E-state index in [1.807, 2.05) is 0 Å². The Morgan fingerprint density at radius 2 is 1.54 bits per heavy atom. The lowest BCUT2D eigenvalue weighted by Gasteiger charge is -2.42. The van der Waals surface area contributed by atoms with Crippen molar-refractivity contribution in [2.45, 2.75) is 96.4 Å². The minimum atomic E-state index is -1.94. The number of carbonyl (C=O) groups excluding carboxylic acids is 1. The van der Waals surface area contributed by atoms with Gasteiger partial charge in [0.15, 0.2) is 16.6 Å². The summed E-state index contributed by atoms with van der Waals surface area (Å²) < 4.78 is 13.0. The van der Waals surface area contributed by atoms with Crippen molar-refractivity contribution in [2.24, 2.45) is 0 Å². The molecule has 1 rings (SSSR count). The average molecular weight is 375 g/mol. The first-order valence-electron chi connectivity index (χ1n) is 8.93. The molecule has 1 amide bonds. The van der Waals surface area contributed by atoms with Crippen LogP contribution in [0.5, 0.6) is 0 Å². The Hall–Kier alpha value is -0.216. The van der Waals surface area contributed by atoms with Crippen molar-refractivity contribution >= 4 is 22.5 Å². The smallest absolute Gasteiger partial charge is 0.235 e. The molecule has 0 aromatic heterocycles. The Morgan fingerprint density at radius 1 is 1.04 bits per heavy atom. The zero-order valence-corrected chi connectivity index (χ0v) is 19.3. The van der Waals surface area contributed by atoms with Crippen molar-refractivity contribution in [3.63, 3.8) is 0 Å². The number of hydrogen-bond donors (Lipinski definition) is 2. The van der Waals surface area contributed by atoms with Gasteiger partial charge < -0.3 is 8.85 Å². The van der Waals surface area contributed by atoms with Gasteiger partial charge in [0, 0.05) is 6.42 Å². The van der Waals surface area contributed by atoms with Gasteiger partial charge in [-0.25, -0.2) is 5.43 Å². The molecule has 0 saturated carbocycles. The molecule has 1 aliphatic heterocycles. The maximum Gasteiger partial charge on any atom is 0.235 e. The van der Waals surface area contributed by atoms with Crippen LogP contribution in [-0.4, -0.2) is 41.3 Å². The quantitative estimate of drug-likeness (QED) is 0.694. The monoisotopic (exact) mass is 374 g/mol. The van der Waals surface area contributed by atoms with Gasteiger partial charge in [0.25, 0.3) is 0 Å². The second-order valence-corrected chi connectivity index (χ2v) is 19.6. The molecule has 0 radical (unpaired) electrons. The topological polar surface area (TPSA) is 59.6 Å². The summed E-state index contributed by atoms with van der Waals surface area (Å²) in [5.41, 5.74) is 5.79. The van der Waals surface area contributed by atoms with Crippen LogP contribution in [-0.2, 0) is 13.6 Å². The largest absolute Gasteiger partial charge is 0.414 e. The zero-order chi connectivity index (χ0) is 19.0. The van der Waals surface area contributed by atoms with Crippen molar-refractivity contribution in [3.8, 4) is 0 Å². The van der Waals surface area contributed by atoms with Crippen molar-refractivity contribution in [1.82, 2.24) is 10.9 Å². The first kappa shape index (κ1) is 21.8. The van der Waals surface area contributed by atoms with E-state index < -0.39 is 16.6 Å². The normalized spacial score (nSPS) is 21.8. The van der Waals surface area contributed by atoms with E-state index in [-0.39, 0.29) is 28.1 Å². The van der Waals surface area contributed by atoms with Crippen LogP contribution in [0, 0.1) is 0 Å². The van der Waals surface area contributed by atoms with E-state index >= 15 is 0 Å². The highest BCUT2D eigenvalue weighted by Crippen LogP contribution is 2.39. The predicted octanol–water partition coefficient (Wildman–Crippen LogP) is 3.79. The summed E-state index contributed by atoms with van der Waals surface area (Å²) in [7, 11) is -3.80. The van der Waals surface area contributed by atoms with Crippen molar-refractivity contribution < 1.29 is 13.6 Å². The van der Waals surface area contributed by atoms with Gasteiger partial charge in [-0.1, -0.05) is 41.5 Å². The molecule has 0 aliphatic carbocycles. The van der Waals surface area contributed by atoms with E-state index in [2.05, 4.69) is 78.6 Å². The lowest BCUT2D eigenvalue weighted by Crippen LogP contribution is -2.53. The van der Waals surface area contributed by atoms with E-state index in [9.17, 15) is 4.79 Å². The number of hydrazine groups is 1. The van der Waals surface area contributed by atoms with Crippen LogP contribution in [0.2, 0.25) is 36.3 Å². The third-order valence-corrected chi connectivity index (χ3v) is 14.9. The molecule has 0 bridgehead atoms. The highest BCUT2D eigenvalue weighted by Gasteiger charge is 2.44. The third-order valence-electron chi connectivity index (χ3n) is 5.92. The lowest BCUT2D eigenvalue weighted by molar-refractivity contribution is -0.119. The number of carbonyl (C=O) groups is 1. The van der Waals surface area contributed by atoms with E-state index in [0.29, 0.717) is 13.0 Å². The van der Waals surface area contributed by atoms with Gasteiger partial charge in [-0.05, 0) is 36.3 Å². The van der Waals surface area contributed by atoms with Gasteiger partial charge in [-0.2, -0.15) is 0 Å². The Labute approximate surface area is 150 Å². The molecule has 24 heavy (non-hydrogen) atoms. The molecular formula is C17H38N2O3Si2. The van der Waals surface area contributed by atoms with E-state index in [0.717, 1.165) is 0 Å². The SMILES string of the molecule is CC(C)(C)[Si](C)(C)OC[C@@H](O[Si](C)(C)C(C)(C)C)[C@H]1CC(=O)NN1. The Balaban J connectivity index is 2.89. The third kappa shape index (κ3) is 5.39. The summed E-state index contributed by atoms with van der Waals surface area (Å²) >= 11 is 0. The predicted molar refractivity (Wildman–Crippen MR) is 105 cm³/mol. The van der Waals surface area contributed by atoms with E-state index in [4.69, 9.17) is 8.85 Å². The molecule has 5 nitrogen and oxygen atoms in total. The van der Waals surface area contributed by atoms with Crippen LogP contribution in [0.25, 0.3) is 0 Å². The first-order chi connectivity index (χ1) is 10.6. The van der Waals surface area contributed by atoms with Crippen LogP contribution >= 0.6 is 0 Å². The first-order valence-corrected chi connectivity index (χ1v) is 14.7. The molecule has 0 aromatic rings. The van der Waals surface area contributed by atoms with Crippen LogP contribution in [0.1, 0.15) is 48.0 Å². The molecule has 1 fully saturated rings. The summed E-state index contributed by atoms with van der Waals surface area (Å²) in [4.78, 5) is 11.6. The molecule has 0 aromatic carbocycles. The second kappa shape index (κ2) is 7.19. The van der Waals surface area contributed by atoms with Crippen LogP contribution in [0.3, 0.4) is 0 Å². The van der Waals surface area contributed by atoms with Crippen LogP contribution in [0.4, 0.5) is 0 Å². The average Bonchev–Trinajstić information content (AvgIpc) is 2.78. The number of amides is 1. The van der Waals surface area contributed by atoms with Gasteiger partial charge in [0.2, 0.25) is 5.91 Å². The maximum absolute atomic E-state index is 11.6. The number of rotatable bonds is 6. The molecule has 2 N–H and O–H groups in total. The van der Waals surface area contributed by atoms with Crippen molar-refractivity contribution in [3.05, 3.63) is 0 Å². The molecule has 142 valence electrons. The summed E-state index contributed by atoms with van der Waals surface area (Å²) in [5, 5.41) is 0.282. The Morgan fingerprint density at radius 3 is 1.92 bits per heavy atom. The summed E-state index contributed by atoms with van der Waals surface area (Å²) in [6.07, 6.45) is 0.333. The molecule has 2 atom stereocenters. The Bertz CT molecular complexity index is 454. The van der Waals surface area contributed by atoms with Crippen molar-refractivity contribution in [1.29, 1.82) is 0 Å². The molecule has 1 saturated heterocycles. The number of nitrogens with one attached hydrogen (secondary N) is 2. The fourth-order valence-corrected chi connectivity index (χ4v) is 4.35. The molecular weight excluding hydrogens is 336 g/mol. The summed E-state index contributed by atoms with van der Waals surface area (Å²) in [5.74, 6) is 0.0242. The molecule has 0 unspecified atom stereocenters. The van der Waals surface area contributed by atoms with Gasteiger partial charge in [0.05, 0.1) is 18.8 Å². The fraction of sp³-hybridized carbons (Fsp3) is 0.941. The minimum Gasteiger partial charge on any atom is -0.414 e. The molecule has 0 spiro atoms. The van der Waals surface area contributed by atoms with Gasteiger partial charge in [-0.3, -0.25) is 10.2 Å². The highest BCUT2D eigenvalue weighted by molar-refractivity contribution is 6.74. The van der Waals surface area contributed by atoms with Gasteiger partial charge >= 0.3 is 0 Å². The fourth-order valence-electron chi connectivity index (χ4n) is 1.99. The number of hydrogen-bond acceptors (Lipinski definition) is 4. The van der Waals surface area contributed by atoms with E-state index in [1.165, 1.54) is 0 Å². The van der Waals surface area contributed by atoms with Crippen LogP contribution in [0.15, 0.2) is 0 Å². The minimum absolute atomic E-state index is 0.0242. The zero-order valence-electron chi connectivity index (χ0n) is 17.3. The maximum atomic E-state index is 11.6. The summed E-state index contributed by atoms with van der Waals surface area (Å²) in [6, 6.07) is -0.0311. The van der Waals surface area contributed by atoms with Gasteiger partial charge in [0.1, 0.15) is 0 Å². The molecule has 7 heteroatoms. The van der Waals surface area contributed by atoms with Crippen molar-refractivity contribution in [2.75, 3.05) is 6.61 Å². The highest BCUT2D eigenvalue weighted by atomic mass is 28.4. The second-order valence-electron chi connectivity index (χ2n) is 9.99. The molecule has 1 heterocycles. The Kier molecular flexibility index (Phi) is 6.54.